The average molecular weight is 257 g/mol. The van der Waals surface area contributed by atoms with Gasteiger partial charge in [-0.05, 0) is 17.7 Å². The van der Waals surface area contributed by atoms with Gasteiger partial charge in [0.15, 0.2) is 0 Å². The van der Waals surface area contributed by atoms with Crippen molar-refractivity contribution in [3.8, 4) is 0 Å². The van der Waals surface area contributed by atoms with Gasteiger partial charge >= 0.3 is 11.9 Å². The highest BCUT2D eigenvalue weighted by Crippen LogP contribution is 2.23. The molecular formula is C12H13ClO4. The van der Waals surface area contributed by atoms with Gasteiger partial charge in [0.05, 0.1) is 26.6 Å². The van der Waals surface area contributed by atoms with E-state index in [2.05, 4.69) is 9.47 Å². The highest BCUT2D eigenvalue weighted by atomic mass is 35.5. The van der Waals surface area contributed by atoms with Crippen LogP contribution in [0.4, 0.5) is 0 Å². The van der Waals surface area contributed by atoms with E-state index >= 15 is 0 Å². The monoisotopic (exact) mass is 256 g/mol. The average Bonchev–Trinajstić information content (AvgIpc) is 2.36. The number of rotatable bonds is 4. The maximum atomic E-state index is 11.6. The van der Waals surface area contributed by atoms with Crippen molar-refractivity contribution >= 4 is 23.5 Å². The molecule has 1 rings (SSSR count). The Morgan fingerprint density at radius 2 is 1.76 bits per heavy atom. The molecule has 0 N–H and O–H groups in total. The van der Waals surface area contributed by atoms with Crippen LogP contribution < -0.4 is 0 Å². The molecule has 0 unspecified atom stereocenters. The Morgan fingerprint density at radius 3 is 2.24 bits per heavy atom. The summed E-state index contributed by atoms with van der Waals surface area (Å²) in [6.45, 7) is 0. The summed E-state index contributed by atoms with van der Waals surface area (Å²) in [5, 5.41) is 0.565. The van der Waals surface area contributed by atoms with E-state index in [9.17, 15) is 9.59 Å². The van der Waals surface area contributed by atoms with Crippen molar-refractivity contribution in [1.29, 1.82) is 0 Å². The molecule has 1 atom stereocenters. The summed E-state index contributed by atoms with van der Waals surface area (Å²) in [5.74, 6) is -1.60. The second-order valence-electron chi connectivity index (χ2n) is 3.41. The van der Waals surface area contributed by atoms with Crippen molar-refractivity contribution in [3.05, 3.63) is 34.9 Å². The molecule has 0 bridgehead atoms. The third kappa shape index (κ3) is 3.75. The first-order valence-electron chi connectivity index (χ1n) is 4.98. The van der Waals surface area contributed by atoms with E-state index in [1.807, 2.05) is 0 Å². The van der Waals surface area contributed by atoms with Gasteiger partial charge < -0.3 is 9.47 Å². The molecule has 5 heteroatoms. The molecule has 17 heavy (non-hydrogen) atoms. The molecule has 1 aromatic rings. The van der Waals surface area contributed by atoms with Crippen molar-refractivity contribution in [2.45, 2.75) is 12.3 Å². The minimum absolute atomic E-state index is 0.0508. The fourth-order valence-corrected chi connectivity index (χ4v) is 1.55. The van der Waals surface area contributed by atoms with Crippen LogP contribution in [0.25, 0.3) is 0 Å². The van der Waals surface area contributed by atoms with Gasteiger partial charge in [0, 0.05) is 5.02 Å². The molecule has 0 spiro atoms. The molecule has 0 radical (unpaired) electrons. The minimum Gasteiger partial charge on any atom is -0.469 e. The first-order chi connectivity index (χ1) is 8.08. The molecule has 0 heterocycles. The smallest absolute Gasteiger partial charge is 0.313 e. The van der Waals surface area contributed by atoms with Crippen molar-refractivity contribution in [3.63, 3.8) is 0 Å². The number of hydrogen-bond acceptors (Lipinski definition) is 4. The SMILES string of the molecule is COC(=O)C[C@H](C(=O)OC)c1ccc(Cl)cc1. The molecule has 92 valence electrons. The standard InChI is InChI=1S/C12H13ClO4/c1-16-11(14)7-10(12(15)17-2)8-3-5-9(13)6-4-8/h3-6,10H,7H2,1-2H3/t10-/m0/s1. The van der Waals surface area contributed by atoms with Crippen LogP contribution in [0.3, 0.4) is 0 Å². The quantitative estimate of drug-likeness (QED) is 0.775. The first-order valence-corrected chi connectivity index (χ1v) is 5.36. The number of ether oxygens (including phenoxy) is 2. The fourth-order valence-electron chi connectivity index (χ4n) is 1.42. The van der Waals surface area contributed by atoms with Crippen LogP contribution in [-0.4, -0.2) is 26.2 Å². The van der Waals surface area contributed by atoms with E-state index in [0.29, 0.717) is 10.6 Å². The normalized spacial score (nSPS) is 11.7. The number of carbonyl (C=O) groups is 2. The predicted octanol–water partition coefficient (Wildman–Crippen LogP) is 2.16. The molecule has 0 aliphatic rings. The topological polar surface area (TPSA) is 52.6 Å². The Hall–Kier alpha value is -1.55. The van der Waals surface area contributed by atoms with E-state index in [-0.39, 0.29) is 6.42 Å². The Bertz CT molecular complexity index is 399. The lowest BCUT2D eigenvalue weighted by Gasteiger charge is -2.13. The van der Waals surface area contributed by atoms with Gasteiger partial charge in [-0.3, -0.25) is 9.59 Å². The van der Waals surface area contributed by atoms with Crippen LogP contribution in [-0.2, 0) is 19.1 Å². The van der Waals surface area contributed by atoms with Crippen LogP contribution in [0.15, 0.2) is 24.3 Å². The van der Waals surface area contributed by atoms with Gasteiger partial charge in [0.2, 0.25) is 0 Å². The van der Waals surface area contributed by atoms with Crippen molar-refractivity contribution < 1.29 is 19.1 Å². The summed E-state index contributed by atoms with van der Waals surface area (Å²) in [7, 11) is 2.56. The van der Waals surface area contributed by atoms with Gasteiger partial charge in [-0.25, -0.2) is 0 Å². The number of carbonyl (C=O) groups excluding carboxylic acids is 2. The number of esters is 2. The lowest BCUT2D eigenvalue weighted by Crippen LogP contribution is -2.18. The Kier molecular flexibility index (Phi) is 4.97. The Balaban J connectivity index is 2.93. The maximum Gasteiger partial charge on any atom is 0.313 e. The molecule has 0 aromatic heterocycles. The van der Waals surface area contributed by atoms with E-state index in [0.717, 1.165) is 0 Å². The van der Waals surface area contributed by atoms with Crippen LogP contribution in [0.1, 0.15) is 17.9 Å². The van der Waals surface area contributed by atoms with Crippen molar-refractivity contribution in [1.82, 2.24) is 0 Å². The fraction of sp³-hybridized carbons (Fsp3) is 0.333. The van der Waals surface area contributed by atoms with Gasteiger partial charge in [-0.15, -0.1) is 0 Å². The summed E-state index contributed by atoms with van der Waals surface area (Å²) >= 11 is 5.76. The summed E-state index contributed by atoms with van der Waals surface area (Å²) < 4.78 is 9.21. The Morgan fingerprint density at radius 1 is 1.18 bits per heavy atom. The van der Waals surface area contributed by atoms with Gasteiger partial charge in [0.1, 0.15) is 0 Å². The summed E-state index contributed by atoms with van der Waals surface area (Å²) in [6, 6.07) is 6.69. The lowest BCUT2D eigenvalue weighted by atomic mass is 9.96. The highest BCUT2D eigenvalue weighted by Gasteiger charge is 2.24. The lowest BCUT2D eigenvalue weighted by molar-refractivity contribution is -0.149. The van der Waals surface area contributed by atoms with Gasteiger partial charge in [0.25, 0.3) is 0 Å². The van der Waals surface area contributed by atoms with Crippen molar-refractivity contribution in [2.75, 3.05) is 14.2 Å². The predicted molar refractivity (Wildman–Crippen MR) is 62.8 cm³/mol. The molecule has 1 aromatic carbocycles. The van der Waals surface area contributed by atoms with E-state index < -0.39 is 17.9 Å². The molecular weight excluding hydrogens is 244 g/mol. The molecule has 0 saturated heterocycles. The molecule has 0 aliphatic carbocycles. The maximum absolute atomic E-state index is 11.6. The largest absolute Gasteiger partial charge is 0.469 e. The number of methoxy groups -OCH3 is 2. The summed E-state index contributed by atoms with van der Waals surface area (Å²) in [4.78, 5) is 22.8. The van der Waals surface area contributed by atoms with E-state index in [1.54, 1.807) is 24.3 Å². The van der Waals surface area contributed by atoms with Gasteiger partial charge in [-0.2, -0.15) is 0 Å². The number of hydrogen-bond donors (Lipinski definition) is 0. The molecule has 0 amide bonds. The second-order valence-corrected chi connectivity index (χ2v) is 3.84. The molecule has 0 fully saturated rings. The first kappa shape index (κ1) is 13.5. The number of halogens is 1. The molecule has 0 aliphatic heterocycles. The van der Waals surface area contributed by atoms with Gasteiger partial charge in [-0.1, -0.05) is 23.7 Å². The molecule has 0 saturated carbocycles. The van der Waals surface area contributed by atoms with Crippen LogP contribution in [0.5, 0.6) is 0 Å². The molecule has 4 nitrogen and oxygen atoms in total. The van der Waals surface area contributed by atoms with E-state index in [4.69, 9.17) is 11.6 Å². The zero-order valence-corrected chi connectivity index (χ0v) is 10.4. The van der Waals surface area contributed by atoms with Crippen molar-refractivity contribution in [2.24, 2.45) is 0 Å². The van der Waals surface area contributed by atoms with Crippen LogP contribution >= 0.6 is 11.6 Å². The minimum atomic E-state index is -0.662. The zero-order chi connectivity index (χ0) is 12.8. The summed E-state index contributed by atoms with van der Waals surface area (Å²) in [6.07, 6.45) is -0.0508. The second kappa shape index (κ2) is 6.25. The van der Waals surface area contributed by atoms with Crippen LogP contribution in [0.2, 0.25) is 5.02 Å². The number of benzene rings is 1. The third-order valence-corrected chi connectivity index (χ3v) is 2.61. The highest BCUT2D eigenvalue weighted by molar-refractivity contribution is 6.30. The van der Waals surface area contributed by atoms with Crippen LogP contribution in [0, 0.1) is 0 Å². The Labute approximate surface area is 104 Å². The summed E-state index contributed by atoms with van der Waals surface area (Å²) in [5.41, 5.74) is 0.673. The third-order valence-electron chi connectivity index (χ3n) is 2.36. The zero-order valence-electron chi connectivity index (χ0n) is 9.60. The van der Waals surface area contributed by atoms with E-state index in [1.165, 1.54) is 14.2 Å².